The van der Waals surface area contributed by atoms with Gasteiger partial charge in [-0.3, -0.25) is 4.79 Å². The van der Waals surface area contributed by atoms with Gasteiger partial charge >= 0.3 is 0 Å². The number of para-hydroxylation sites is 3. The first-order valence-corrected chi connectivity index (χ1v) is 9.68. The summed E-state index contributed by atoms with van der Waals surface area (Å²) in [6, 6.07) is 37.7. The summed E-state index contributed by atoms with van der Waals surface area (Å²) in [6.45, 7) is 0. The molecule has 0 aliphatic rings. The second-order valence-electron chi connectivity index (χ2n) is 6.66. The van der Waals surface area contributed by atoms with Crippen molar-refractivity contribution >= 4 is 29.0 Å². The van der Waals surface area contributed by atoms with Crippen LogP contribution in [0.15, 0.2) is 115 Å². The van der Waals surface area contributed by atoms with E-state index in [9.17, 15) is 4.79 Å². The second-order valence-corrected chi connectivity index (χ2v) is 6.66. The Morgan fingerprint density at radius 1 is 0.567 bits per heavy atom. The van der Waals surface area contributed by atoms with Crippen LogP contribution in [-0.2, 0) is 0 Å². The summed E-state index contributed by atoms with van der Waals surface area (Å²) in [5.74, 6) is 5.45. The van der Waals surface area contributed by atoms with E-state index in [4.69, 9.17) is 5.84 Å². The highest BCUT2D eigenvalue weighted by Gasteiger charge is 2.11. The minimum atomic E-state index is 0.680. The van der Waals surface area contributed by atoms with Gasteiger partial charge in [0.05, 0.1) is 5.69 Å². The molecule has 4 aromatic carbocycles. The number of carbonyl (C=O) groups excluding carboxylic acids is 1. The lowest BCUT2D eigenvalue weighted by Gasteiger charge is -2.25. The third-order valence-electron chi connectivity index (χ3n) is 4.48. The van der Waals surface area contributed by atoms with Crippen LogP contribution in [0, 0.1) is 0 Å². The molecule has 0 unspecified atom stereocenters. The predicted octanol–water partition coefficient (Wildman–Crippen LogP) is 5.97. The molecule has 0 radical (unpaired) electrons. The highest BCUT2D eigenvalue weighted by atomic mass is 16.1. The Bertz CT molecular complexity index is 979. The number of benzene rings is 4. The maximum absolute atomic E-state index is 10.8. The van der Waals surface area contributed by atoms with Crippen LogP contribution in [0.25, 0.3) is 0 Å². The summed E-state index contributed by atoms with van der Waals surface area (Å²) in [5, 5.41) is 1.58. The lowest BCUT2D eigenvalue weighted by molar-refractivity contribution is 0.112. The molecule has 4 rings (SSSR count). The molecule has 0 aromatic heterocycles. The average molecular weight is 396 g/mol. The molecule has 4 nitrogen and oxygen atoms in total. The lowest BCUT2D eigenvalue weighted by Crippen LogP contribution is -2.24. The molecule has 30 heavy (non-hydrogen) atoms. The number of anilines is 4. The second kappa shape index (κ2) is 10.6. The smallest absolute Gasteiger partial charge is 0.150 e. The zero-order valence-electron chi connectivity index (χ0n) is 16.9. The van der Waals surface area contributed by atoms with Crippen molar-refractivity contribution < 1.29 is 4.79 Å². The first-order chi connectivity index (χ1) is 14.7. The van der Waals surface area contributed by atoms with E-state index in [1.165, 1.54) is 0 Å². The molecule has 0 bridgehead atoms. The summed E-state index contributed by atoms with van der Waals surface area (Å²) in [6.07, 6.45) is 0.860. The lowest BCUT2D eigenvalue weighted by atomic mass is 10.1. The van der Waals surface area contributed by atoms with E-state index in [-0.39, 0.29) is 0 Å². The van der Waals surface area contributed by atoms with Crippen molar-refractivity contribution in [2.45, 2.75) is 0 Å². The molecule has 4 aromatic rings. The van der Waals surface area contributed by atoms with E-state index in [2.05, 4.69) is 29.2 Å². The van der Waals surface area contributed by atoms with Crippen LogP contribution in [0.4, 0.5) is 22.7 Å². The monoisotopic (exact) mass is 395 g/mol. The van der Waals surface area contributed by atoms with Crippen LogP contribution >= 0.6 is 0 Å². The number of nitrogens with two attached hydrogens (primary N) is 1. The summed E-state index contributed by atoms with van der Waals surface area (Å²) in [4.78, 5) is 13.0. The molecule has 0 amide bonds. The first kappa shape index (κ1) is 20.8. The largest absolute Gasteiger partial charge is 0.314 e. The molecule has 0 saturated carbocycles. The minimum Gasteiger partial charge on any atom is -0.314 e. The van der Waals surface area contributed by atoms with Gasteiger partial charge in [0.2, 0.25) is 0 Å². The maximum Gasteiger partial charge on any atom is 0.150 e. The van der Waals surface area contributed by atoms with Crippen LogP contribution in [0.3, 0.4) is 0 Å². The van der Waals surface area contributed by atoms with Crippen molar-refractivity contribution in [1.29, 1.82) is 0 Å². The Morgan fingerprint density at radius 2 is 0.933 bits per heavy atom. The standard InChI is InChI=1S/C19H15NO.C7H10N2/c21-15-16-11-13-19(14-12-16)20(17-7-3-1-4-8-17)18-9-5-2-6-10-18;1-9(8)7-5-3-2-4-6-7/h1-15H;2-6H,8H2,1H3. The van der Waals surface area contributed by atoms with Crippen molar-refractivity contribution in [2.75, 3.05) is 17.0 Å². The molecule has 0 aliphatic carbocycles. The van der Waals surface area contributed by atoms with Crippen LogP contribution in [0.1, 0.15) is 10.4 Å². The van der Waals surface area contributed by atoms with Gasteiger partial charge in [0.1, 0.15) is 6.29 Å². The molecular formula is C26H25N3O. The van der Waals surface area contributed by atoms with Crippen molar-refractivity contribution in [1.82, 2.24) is 0 Å². The number of rotatable bonds is 5. The van der Waals surface area contributed by atoms with E-state index >= 15 is 0 Å². The van der Waals surface area contributed by atoms with Crippen molar-refractivity contribution in [3.8, 4) is 0 Å². The fourth-order valence-electron chi connectivity index (χ4n) is 2.97. The van der Waals surface area contributed by atoms with Crippen molar-refractivity contribution in [3.63, 3.8) is 0 Å². The van der Waals surface area contributed by atoms with Crippen LogP contribution in [0.5, 0.6) is 0 Å². The maximum atomic E-state index is 10.8. The minimum absolute atomic E-state index is 0.680. The molecule has 150 valence electrons. The van der Waals surface area contributed by atoms with Crippen molar-refractivity contribution in [2.24, 2.45) is 5.84 Å². The van der Waals surface area contributed by atoms with Gasteiger partial charge < -0.3 is 9.91 Å². The predicted molar refractivity (Wildman–Crippen MR) is 126 cm³/mol. The summed E-state index contributed by atoms with van der Waals surface area (Å²) in [7, 11) is 1.81. The zero-order valence-corrected chi connectivity index (χ0v) is 16.9. The van der Waals surface area contributed by atoms with Gasteiger partial charge in [-0.15, -0.1) is 0 Å². The normalized spacial score (nSPS) is 9.80. The Morgan fingerprint density at radius 3 is 1.27 bits per heavy atom. The summed E-state index contributed by atoms with van der Waals surface area (Å²) in [5.41, 5.74) is 4.90. The number of carbonyl (C=O) groups is 1. The fourth-order valence-corrected chi connectivity index (χ4v) is 2.97. The quantitative estimate of drug-likeness (QED) is 0.257. The Balaban J connectivity index is 0.000000239. The molecule has 0 saturated heterocycles. The van der Waals surface area contributed by atoms with Crippen molar-refractivity contribution in [3.05, 3.63) is 121 Å². The van der Waals surface area contributed by atoms with E-state index < -0.39 is 0 Å². The number of hydrazine groups is 1. The highest BCUT2D eigenvalue weighted by molar-refractivity contribution is 5.80. The molecule has 4 heteroatoms. The molecule has 0 heterocycles. The van der Waals surface area contributed by atoms with Crippen LogP contribution in [0.2, 0.25) is 0 Å². The molecule has 0 spiro atoms. The van der Waals surface area contributed by atoms with Gasteiger partial charge in [-0.1, -0.05) is 54.6 Å². The van der Waals surface area contributed by atoms with E-state index in [0.29, 0.717) is 5.56 Å². The van der Waals surface area contributed by atoms with Gasteiger partial charge in [-0.25, -0.2) is 5.84 Å². The number of hydrogen-bond donors (Lipinski definition) is 1. The van der Waals surface area contributed by atoms with Crippen LogP contribution < -0.4 is 15.8 Å². The van der Waals surface area contributed by atoms with E-state index in [0.717, 1.165) is 29.0 Å². The molecule has 0 aliphatic heterocycles. The van der Waals surface area contributed by atoms with E-state index in [1.54, 1.807) is 5.01 Å². The first-order valence-electron chi connectivity index (χ1n) is 9.68. The molecule has 0 atom stereocenters. The third kappa shape index (κ3) is 5.56. The highest BCUT2D eigenvalue weighted by Crippen LogP contribution is 2.33. The Hall–Kier alpha value is -3.89. The van der Waals surface area contributed by atoms with Gasteiger partial charge in [0.15, 0.2) is 0 Å². The number of nitrogens with zero attached hydrogens (tertiary/aromatic N) is 2. The average Bonchev–Trinajstić information content (AvgIpc) is 2.82. The van der Waals surface area contributed by atoms with Gasteiger partial charge in [0, 0.05) is 29.7 Å². The van der Waals surface area contributed by atoms with Gasteiger partial charge in [0.25, 0.3) is 0 Å². The molecular weight excluding hydrogens is 370 g/mol. The molecule has 0 fully saturated rings. The summed E-state index contributed by atoms with van der Waals surface area (Å²) >= 11 is 0. The fraction of sp³-hybridized carbons (Fsp3) is 0.0385. The number of aldehydes is 1. The van der Waals surface area contributed by atoms with Gasteiger partial charge in [-0.2, -0.15) is 0 Å². The zero-order chi connectivity index (χ0) is 21.2. The summed E-state index contributed by atoms with van der Waals surface area (Å²) < 4.78 is 0. The van der Waals surface area contributed by atoms with Gasteiger partial charge in [-0.05, 0) is 60.7 Å². The molecule has 2 N–H and O–H groups in total. The topological polar surface area (TPSA) is 49.6 Å². The van der Waals surface area contributed by atoms with E-state index in [1.807, 2.05) is 98.0 Å². The number of hydrogen-bond acceptors (Lipinski definition) is 4. The Labute approximate surface area is 177 Å². The third-order valence-corrected chi connectivity index (χ3v) is 4.48. The SMILES string of the molecule is CN(N)c1ccccc1.O=Cc1ccc(N(c2ccccc2)c2ccccc2)cc1. The van der Waals surface area contributed by atoms with Crippen LogP contribution in [-0.4, -0.2) is 13.3 Å². The Kier molecular flexibility index (Phi) is 7.36.